The molecule has 0 rings (SSSR count). The van der Waals surface area contributed by atoms with Gasteiger partial charge in [-0.25, -0.2) is 0 Å². The molecule has 0 aliphatic heterocycles. The second kappa shape index (κ2) is 46.1. The molecule has 0 saturated carbocycles. The smallest absolute Gasteiger partial charge is 0.306 e. The van der Waals surface area contributed by atoms with E-state index in [1.807, 2.05) is 0 Å². The van der Waals surface area contributed by atoms with E-state index < -0.39 is 6.10 Å². The molecule has 1 atom stereocenters. The SMILES string of the molecule is CCC/C=C\CCCCCCCC(=O)OC(COC(=O)CCCCCCCC)COC(=O)CCCCCCCCCC/C=C\C/C=C\C/C=C\CCCCCCC. The molecule has 6 nitrogen and oxygen atoms in total. The highest BCUT2D eigenvalue weighted by molar-refractivity contribution is 5.71. The predicted molar refractivity (Wildman–Crippen MR) is 242 cm³/mol. The number of carbonyl (C=O) groups excluding carboxylic acids is 3. The molecular formula is C51H90O6. The average Bonchev–Trinajstić information content (AvgIpc) is 3.21. The van der Waals surface area contributed by atoms with Crippen LogP contribution in [0.3, 0.4) is 0 Å². The zero-order chi connectivity index (χ0) is 41.5. The molecule has 0 heterocycles. The van der Waals surface area contributed by atoms with Crippen LogP contribution in [0, 0.1) is 0 Å². The summed E-state index contributed by atoms with van der Waals surface area (Å²) in [7, 11) is 0. The van der Waals surface area contributed by atoms with E-state index in [1.54, 1.807) is 0 Å². The van der Waals surface area contributed by atoms with Crippen LogP contribution in [0.4, 0.5) is 0 Å². The average molecular weight is 799 g/mol. The minimum absolute atomic E-state index is 0.0791. The van der Waals surface area contributed by atoms with Crippen molar-refractivity contribution in [3.05, 3.63) is 48.6 Å². The van der Waals surface area contributed by atoms with Crippen LogP contribution in [0.1, 0.15) is 239 Å². The third-order valence-corrected chi connectivity index (χ3v) is 10.3. The Labute approximate surface area is 352 Å². The van der Waals surface area contributed by atoms with Crippen molar-refractivity contribution in [2.24, 2.45) is 0 Å². The largest absolute Gasteiger partial charge is 0.462 e. The Morgan fingerprint density at radius 3 is 1.07 bits per heavy atom. The maximum absolute atomic E-state index is 12.6. The molecule has 0 aromatic carbocycles. The standard InChI is InChI=1S/C51H90O6/c1-4-7-10-13-16-18-20-21-22-23-24-25-26-27-28-29-30-31-32-34-35-38-41-44-50(53)56-47-48(46-55-49(52)43-40-37-15-12-9-6-3)57-51(54)45-42-39-36-33-19-17-14-11-8-5-2/h11,14,20-21,23-24,26-27,48H,4-10,12-13,15-19,22,25,28-47H2,1-3H3/b14-11-,21-20-,24-23-,27-26-. The van der Waals surface area contributed by atoms with Crippen molar-refractivity contribution in [3.63, 3.8) is 0 Å². The van der Waals surface area contributed by atoms with E-state index in [0.29, 0.717) is 19.3 Å². The fourth-order valence-corrected chi connectivity index (χ4v) is 6.63. The second-order valence-corrected chi connectivity index (χ2v) is 16.0. The molecule has 0 amide bonds. The van der Waals surface area contributed by atoms with Crippen molar-refractivity contribution in [3.8, 4) is 0 Å². The molecule has 330 valence electrons. The van der Waals surface area contributed by atoms with Gasteiger partial charge in [-0.1, -0.05) is 191 Å². The molecule has 0 aromatic heterocycles. The van der Waals surface area contributed by atoms with Gasteiger partial charge in [0.15, 0.2) is 6.10 Å². The van der Waals surface area contributed by atoms with Crippen molar-refractivity contribution in [1.82, 2.24) is 0 Å². The molecular weight excluding hydrogens is 709 g/mol. The lowest BCUT2D eigenvalue weighted by Gasteiger charge is -2.18. The summed E-state index contributed by atoms with van der Waals surface area (Å²) in [5, 5.41) is 0. The van der Waals surface area contributed by atoms with Gasteiger partial charge in [-0.15, -0.1) is 0 Å². The fraction of sp³-hybridized carbons (Fsp3) is 0.784. The third kappa shape index (κ3) is 44.3. The zero-order valence-corrected chi connectivity index (χ0v) is 37.6. The molecule has 0 bridgehead atoms. The molecule has 57 heavy (non-hydrogen) atoms. The lowest BCUT2D eigenvalue weighted by Crippen LogP contribution is -2.30. The summed E-state index contributed by atoms with van der Waals surface area (Å²) in [5.41, 5.74) is 0. The van der Waals surface area contributed by atoms with Gasteiger partial charge in [-0.3, -0.25) is 14.4 Å². The first-order valence-corrected chi connectivity index (χ1v) is 24.1. The van der Waals surface area contributed by atoms with Gasteiger partial charge in [0, 0.05) is 19.3 Å². The van der Waals surface area contributed by atoms with E-state index in [-0.39, 0.29) is 31.1 Å². The van der Waals surface area contributed by atoms with Crippen LogP contribution < -0.4 is 0 Å². The molecule has 0 aliphatic carbocycles. The van der Waals surface area contributed by atoms with Crippen LogP contribution in [0.15, 0.2) is 48.6 Å². The minimum Gasteiger partial charge on any atom is -0.462 e. The minimum atomic E-state index is -0.774. The van der Waals surface area contributed by atoms with Crippen molar-refractivity contribution >= 4 is 17.9 Å². The third-order valence-electron chi connectivity index (χ3n) is 10.3. The number of rotatable bonds is 43. The summed E-state index contributed by atoms with van der Waals surface area (Å²) in [4.78, 5) is 37.5. The van der Waals surface area contributed by atoms with Gasteiger partial charge < -0.3 is 14.2 Å². The maximum atomic E-state index is 12.6. The van der Waals surface area contributed by atoms with Gasteiger partial charge in [-0.05, 0) is 77.0 Å². The number of allylic oxidation sites excluding steroid dienone is 8. The van der Waals surface area contributed by atoms with Crippen molar-refractivity contribution in [1.29, 1.82) is 0 Å². The van der Waals surface area contributed by atoms with Gasteiger partial charge in [0.25, 0.3) is 0 Å². The first-order chi connectivity index (χ1) is 28.0. The number of unbranched alkanes of at least 4 members (excludes halogenated alkanes) is 24. The molecule has 1 unspecified atom stereocenters. The number of ether oxygens (including phenoxy) is 3. The van der Waals surface area contributed by atoms with E-state index >= 15 is 0 Å². The van der Waals surface area contributed by atoms with E-state index in [1.165, 1.54) is 103 Å². The van der Waals surface area contributed by atoms with Crippen molar-refractivity contribution < 1.29 is 28.6 Å². The first kappa shape index (κ1) is 54.4. The van der Waals surface area contributed by atoms with E-state index in [4.69, 9.17) is 14.2 Å². The maximum Gasteiger partial charge on any atom is 0.306 e. The molecule has 0 spiro atoms. The molecule has 6 heteroatoms. The Bertz CT molecular complexity index is 1010. The summed E-state index contributed by atoms with van der Waals surface area (Å²) >= 11 is 0. The summed E-state index contributed by atoms with van der Waals surface area (Å²) in [5.74, 6) is -0.907. The van der Waals surface area contributed by atoms with Gasteiger partial charge in [-0.2, -0.15) is 0 Å². The summed E-state index contributed by atoms with van der Waals surface area (Å²) in [6.45, 7) is 6.48. The number of carbonyl (C=O) groups is 3. The molecule has 0 radical (unpaired) electrons. The zero-order valence-electron chi connectivity index (χ0n) is 37.6. The highest BCUT2D eigenvalue weighted by Crippen LogP contribution is 2.14. The Morgan fingerprint density at radius 2 is 0.667 bits per heavy atom. The van der Waals surface area contributed by atoms with Crippen LogP contribution in [0.2, 0.25) is 0 Å². The predicted octanol–water partition coefficient (Wildman–Crippen LogP) is 15.5. The van der Waals surface area contributed by atoms with Gasteiger partial charge in [0.1, 0.15) is 13.2 Å². The van der Waals surface area contributed by atoms with Crippen molar-refractivity contribution in [2.45, 2.75) is 245 Å². The molecule has 0 aromatic rings. The van der Waals surface area contributed by atoms with Crippen LogP contribution in [0.5, 0.6) is 0 Å². The summed E-state index contributed by atoms with van der Waals surface area (Å²) < 4.78 is 16.6. The lowest BCUT2D eigenvalue weighted by molar-refractivity contribution is -0.167. The van der Waals surface area contributed by atoms with Gasteiger partial charge in [0.2, 0.25) is 0 Å². The summed E-state index contributed by atoms with van der Waals surface area (Å²) in [6, 6.07) is 0. The summed E-state index contributed by atoms with van der Waals surface area (Å²) in [6.07, 6.45) is 54.1. The number of hydrogen-bond donors (Lipinski definition) is 0. The Kier molecular flexibility index (Phi) is 43.9. The second-order valence-electron chi connectivity index (χ2n) is 16.0. The highest BCUT2D eigenvalue weighted by Gasteiger charge is 2.19. The Morgan fingerprint density at radius 1 is 0.351 bits per heavy atom. The monoisotopic (exact) mass is 799 g/mol. The van der Waals surface area contributed by atoms with Crippen LogP contribution >= 0.6 is 0 Å². The van der Waals surface area contributed by atoms with E-state index in [2.05, 4.69) is 69.4 Å². The van der Waals surface area contributed by atoms with Crippen molar-refractivity contribution in [2.75, 3.05) is 13.2 Å². The fourth-order valence-electron chi connectivity index (χ4n) is 6.63. The lowest BCUT2D eigenvalue weighted by atomic mass is 10.1. The Hall–Kier alpha value is -2.63. The van der Waals surface area contributed by atoms with Gasteiger partial charge in [0.05, 0.1) is 0 Å². The van der Waals surface area contributed by atoms with Crippen LogP contribution in [-0.4, -0.2) is 37.2 Å². The number of esters is 3. The van der Waals surface area contributed by atoms with Gasteiger partial charge >= 0.3 is 17.9 Å². The van der Waals surface area contributed by atoms with Crippen LogP contribution in [-0.2, 0) is 28.6 Å². The Balaban J connectivity index is 4.14. The molecule has 0 N–H and O–H groups in total. The number of hydrogen-bond acceptors (Lipinski definition) is 6. The topological polar surface area (TPSA) is 78.9 Å². The molecule has 0 aliphatic rings. The van der Waals surface area contributed by atoms with E-state index in [0.717, 1.165) is 96.3 Å². The van der Waals surface area contributed by atoms with E-state index in [9.17, 15) is 14.4 Å². The van der Waals surface area contributed by atoms with Crippen LogP contribution in [0.25, 0.3) is 0 Å². The quantitative estimate of drug-likeness (QED) is 0.0265. The first-order valence-electron chi connectivity index (χ1n) is 24.1. The molecule has 0 saturated heterocycles. The highest BCUT2D eigenvalue weighted by atomic mass is 16.6. The normalized spacial score (nSPS) is 12.4. The molecule has 0 fully saturated rings.